The van der Waals surface area contributed by atoms with Crippen molar-refractivity contribution >= 4 is 0 Å². The van der Waals surface area contributed by atoms with Gasteiger partial charge in [0.1, 0.15) is 0 Å². The summed E-state index contributed by atoms with van der Waals surface area (Å²) in [5.74, 6) is 6.50. The lowest BCUT2D eigenvalue weighted by Gasteiger charge is -2.29. The molecule has 0 aromatic carbocycles. The maximum absolute atomic E-state index is 5.61. The first kappa shape index (κ1) is 11.6. The van der Waals surface area contributed by atoms with E-state index in [9.17, 15) is 0 Å². The monoisotopic (exact) mass is 222 g/mol. The summed E-state index contributed by atoms with van der Waals surface area (Å²) in [5, 5.41) is 4.28. The molecule has 4 heteroatoms. The molecule has 0 amide bonds. The number of nitrogens with zero attached hydrogens (tertiary/aromatic N) is 2. The number of aryl methyl sites for hydroxylation is 1. The third kappa shape index (κ3) is 2.83. The molecule has 1 aliphatic rings. The normalized spacial score (nSPS) is 18.4. The van der Waals surface area contributed by atoms with Crippen molar-refractivity contribution in [3.63, 3.8) is 0 Å². The van der Waals surface area contributed by atoms with E-state index in [1.54, 1.807) is 0 Å². The van der Waals surface area contributed by atoms with Gasteiger partial charge in [-0.1, -0.05) is 19.3 Å². The molecule has 90 valence electrons. The molecular formula is C12H22N4. The second-order valence-corrected chi connectivity index (χ2v) is 4.80. The van der Waals surface area contributed by atoms with Crippen LogP contribution in [0.15, 0.2) is 12.4 Å². The number of hydrazine groups is 1. The van der Waals surface area contributed by atoms with Crippen LogP contribution in [0.3, 0.4) is 0 Å². The van der Waals surface area contributed by atoms with Crippen LogP contribution in [-0.4, -0.2) is 15.8 Å². The smallest absolute Gasteiger partial charge is 0.0522 e. The molecule has 1 atom stereocenters. The Morgan fingerprint density at radius 1 is 1.62 bits per heavy atom. The second kappa shape index (κ2) is 5.46. The molecule has 2 rings (SSSR count). The number of aromatic nitrogens is 2. The van der Waals surface area contributed by atoms with Gasteiger partial charge in [-0.2, -0.15) is 5.10 Å². The molecule has 1 aromatic rings. The molecule has 1 aliphatic carbocycles. The predicted molar refractivity (Wildman–Crippen MR) is 64.7 cm³/mol. The van der Waals surface area contributed by atoms with E-state index in [1.165, 1.54) is 31.2 Å². The summed E-state index contributed by atoms with van der Waals surface area (Å²) in [4.78, 5) is 0. The van der Waals surface area contributed by atoms with Crippen LogP contribution in [-0.2, 0) is 13.0 Å². The molecule has 0 aliphatic heterocycles. The van der Waals surface area contributed by atoms with Gasteiger partial charge in [0, 0.05) is 18.8 Å². The molecule has 0 radical (unpaired) electrons. The Morgan fingerprint density at radius 3 is 2.94 bits per heavy atom. The van der Waals surface area contributed by atoms with Crippen molar-refractivity contribution in [1.29, 1.82) is 0 Å². The minimum absolute atomic E-state index is 0.403. The lowest BCUT2D eigenvalue weighted by atomic mass is 9.80. The standard InChI is InChI=1S/C12H22N4/c1-2-16-9-11(8-14-16)7-12(15-13)6-10-4-3-5-10/h8-10,12,15H,2-7,13H2,1H3. The maximum Gasteiger partial charge on any atom is 0.0522 e. The van der Waals surface area contributed by atoms with Gasteiger partial charge in [-0.25, -0.2) is 0 Å². The molecule has 1 unspecified atom stereocenters. The van der Waals surface area contributed by atoms with E-state index in [0.717, 1.165) is 18.9 Å². The first-order valence-electron chi connectivity index (χ1n) is 6.29. The van der Waals surface area contributed by atoms with Crippen LogP contribution >= 0.6 is 0 Å². The summed E-state index contributed by atoms with van der Waals surface area (Å²) >= 11 is 0. The summed E-state index contributed by atoms with van der Waals surface area (Å²) < 4.78 is 1.96. The van der Waals surface area contributed by atoms with Gasteiger partial charge in [0.25, 0.3) is 0 Å². The van der Waals surface area contributed by atoms with Gasteiger partial charge in [0.2, 0.25) is 0 Å². The van der Waals surface area contributed by atoms with Gasteiger partial charge >= 0.3 is 0 Å². The highest BCUT2D eigenvalue weighted by atomic mass is 15.3. The molecular weight excluding hydrogens is 200 g/mol. The van der Waals surface area contributed by atoms with Crippen LogP contribution in [0.5, 0.6) is 0 Å². The Hall–Kier alpha value is -0.870. The zero-order chi connectivity index (χ0) is 11.4. The van der Waals surface area contributed by atoms with E-state index < -0.39 is 0 Å². The van der Waals surface area contributed by atoms with Gasteiger partial charge in [-0.05, 0) is 31.2 Å². The number of nitrogens with one attached hydrogen (secondary N) is 1. The van der Waals surface area contributed by atoms with Gasteiger partial charge in [0.05, 0.1) is 6.20 Å². The number of nitrogens with two attached hydrogens (primary N) is 1. The molecule has 0 saturated heterocycles. The third-order valence-corrected chi connectivity index (χ3v) is 3.57. The first-order chi connectivity index (χ1) is 7.81. The van der Waals surface area contributed by atoms with Crippen molar-refractivity contribution in [2.45, 2.75) is 51.6 Å². The molecule has 16 heavy (non-hydrogen) atoms. The Bertz CT molecular complexity index is 317. The van der Waals surface area contributed by atoms with E-state index in [0.29, 0.717) is 6.04 Å². The molecule has 0 bridgehead atoms. The van der Waals surface area contributed by atoms with Gasteiger partial charge in [-0.3, -0.25) is 16.0 Å². The van der Waals surface area contributed by atoms with Gasteiger partial charge in [0.15, 0.2) is 0 Å². The van der Waals surface area contributed by atoms with E-state index in [4.69, 9.17) is 5.84 Å². The van der Waals surface area contributed by atoms with E-state index in [1.807, 2.05) is 10.9 Å². The summed E-state index contributed by atoms with van der Waals surface area (Å²) in [5.41, 5.74) is 4.22. The molecule has 0 spiro atoms. The largest absolute Gasteiger partial charge is 0.273 e. The fourth-order valence-electron chi connectivity index (χ4n) is 2.31. The SMILES string of the molecule is CCn1cc(CC(CC2CCC2)NN)cn1. The van der Waals surface area contributed by atoms with Crippen molar-refractivity contribution in [3.05, 3.63) is 18.0 Å². The van der Waals surface area contributed by atoms with Crippen molar-refractivity contribution in [1.82, 2.24) is 15.2 Å². The zero-order valence-corrected chi connectivity index (χ0v) is 10.0. The fourth-order valence-corrected chi connectivity index (χ4v) is 2.31. The van der Waals surface area contributed by atoms with Crippen LogP contribution < -0.4 is 11.3 Å². The first-order valence-corrected chi connectivity index (χ1v) is 6.29. The Balaban J connectivity index is 1.84. The average molecular weight is 222 g/mol. The molecule has 1 saturated carbocycles. The molecule has 1 fully saturated rings. The van der Waals surface area contributed by atoms with Crippen LogP contribution in [0.1, 0.15) is 38.2 Å². The number of hydrogen-bond acceptors (Lipinski definition) is 3. The number of rotatable bonds is 6. The molecule has 1 aromatic heterocycles. The third-order valence-electron chi connectivity index (χ3n) is 3.57. The summed E-state index contributed by atoms with van der Waals surface area (Å²) in [6.07, 6.45) is 10.4. The quantitative estimate of drug-likeness (QED) is 0.566. The van der Waals surface area contributed by atoms with Gasteiger partial charge < -0.3 is 0 Å². The van der Waals surface area contributed by atoms with Crippen molar-refractivity contribution in [2.24, 2.45) is 11.8 Å². The molecule has 1 heterocycles. The lowest BCUT2D eigenvalue weighted by Crippen LogP contribution is -2.39. The Labute approximate surface area is 97.2 Å². The minimum Gasteiger partial charge on any atom is -0.273 e. The van der Waals surface area contributed by atoms with E-state index in [2.05, 4.69) is 23.6 Å². The highest BCUT2D eigenvalue weighted by Crippen LogP contribution is 2.30. The van der Waals surface area contributed by atoms with Crippen LogP contribution in [0, 0.1) is 5.92 Å². The van der Waals surface area contributed by atoms with Gasteiger partial charge in [-0.15, -0.1) is 0 Å². The summed E-state index contributed by atoms with van der Waals surface area (Å²) in [6, 6.07) is 0.403. The Morgan fingerprint density at radius 2 is 2.44 bits per heavy atom. The van der Waals surface area contributed by atoms with Crippen LogP contribution in [0.2, 0.25) is 0 Å². The minimum atomic E-state index is 0.403. The summed E-state index contributed by atoms with van der Waals surface area (Å²) in [6.45, 7) is 3.03. The fraction of sp³-hybridized carbons (Fsp3) is 0.750. The number of hydrogen-bond donors (Lipinski definition) is 2. The highest BCUT2D eigenvalue weighted by molar-refractivity contribution is 5.06. The second-order valence-electron chi connectivity index (χ2n) is 4.80. The van der Waals surface area contributed by atoms with Crippen LogP contribution in [0.25, 0.3) is 0 Å². The predicted octanol–water partition coefficient (Wildman–Crippen LogP) is 1.47. The maximum atomic E-state index is 5.61. The Kier molecular flexibility index (Phi) is 3.96. The zero-order valence-electron chi connectivity index (χ0n) is 10.0. The molecule has 3 N–H and O–H groups in total. The van der Waals surface area contributed by atoms with E-state index in [-0.39, 0.29) is 0 Å². The summed E-state index contributed by atoms with van der Waals surface area (Å²) in [7, 11) is 0. The average Bonchev–Trinajstić information content (AvgIpc) is 2.69. The van der Waals surface area contributed by atoms with Crippen LogP contribution in [0.4, 0.5) is 0 Å². The van der Waals surface area contributed by atoms with Crippen molar-refractivity contribution in [2.75, 3.05) is 0 Å². The highest BCUT2D eigenvalue weighted by Gasteiger charge is 2.21. The molecule has 4 nitrogen and oxygen atoms in total. The topological polar surface area (TPSA) is 55.9 Å². The lowest BCUT2D eigenvalue weighted by molar-refractivity contribution is 0.259. The van der Waals surface area contributed by atoms with Crippen molar-refractivity contribution < 1.29 is 0 Å². The van der Waals surface area contributed by atoms with Crippen molar-refractivity contribution in [3.8, 4) is 0 Å². The van der Waals surface area contributed by atoms with E-state index >= 15 is 0 Å².